The third-order valence-electron chi connectivity index (χ3n) is 2.91. The van der Waals surface area contributed by atoms with Gasteiger partial charge in [0.25, 0.3) is 0 Å². The molecule has 2 rings (SSSR count). The van der Waals surface area contributed by atoms with Crippen molar-refractivity contribution >= 4 is 0 Å². The zero-order chi connectivity index (χ0) is 13.8. The Morgan fingerprint density at radius 2 is 1.95 bits per heavy atom. The van der Waals surface area contributed by atoms with Gasteiger partial charge >= 0.3 is 0 Å². The molecule has 4 nitrogen and oxygen atoms in total. The molecule has 2 aromatic rings. The van der Waals surface area contributed by atoms with E-state index in [1.54, 1.807) is 6.07 Å². The fourth-order valence-electron chi connectivity index (χ4n) is 1.99. The Morgan fingerprint density at radius 3 is 2.63 bits per heavy atom. The summed E-state index contributed by atoms with van der Waals surface area (Å²) in [5, 5.41) is 7.99. The monoisotopic (exact) mass is 266 g/mol. The Kier molecular flexibility index (Phi) is 4.21. The Labute approximate surface area is 110 Å². The quantitative estimate of drug-likeness (QED) is 0.900. The molecule has 1 aromatic heterocycles. The molecule has 0 aliphatic heterocycles. The van der Waals surface area contributed by atoms with Crippen molar-refractivity contribution in [3.63, 3.8) is 0 Å². The van der Waals surface area contributed by atoms with Gasteiger partial charge in [0.1, 0.15) is 11.6 Å². The van der Waals surface area contributed by atoms with Crippen LogP contribution in [0.2, 0.25) is 0 Å². The number of nitrogens with zero attached hydrogens (tertiary/aromatic N) is 3. The average molecular weight is 266 g/mol. The molecule has 0 aliphatic carbocycles. The van der Waals surface area contributed by atoms with E-state index in [0.717, 1.165) is 12.5 Å². The Morgan fingerprint density at radius 1 is 1.21 bits per heavy atom. The van der Waals surface area contributed by atoms with Gasteiger partial charge in [-0.2, -0.15) is 0 Å². The second-order valence-corrected chi connectivity index (χ2v) is 4.28. The molecule has 0 spiro atoms. The number of hydrogen-bond acceptors (Lipinski definition) is 3. The molecule has 1 aromatic carbocycles. The molecule has 0 aliphatic rings. The van der Waals surface area contributed by atoms with E-state index in [1.165, 1.54) is 6.07 Å². The highest BCUT2D eigenvalue weighted by Crippen LogP contribution is 2.16. The van der Waals surface area contributed by atoms with Crippen LogP contribution in [0.5, 0.6) is 0 Å². The van der Waals surface area contributed by atoms with Gasteiger partial charge in [-0.15, -0.1) is 10.2 Å². The largest absolute Gasteiger partial charge is 0.324 e. The molecular weight excluding hydrogens is 250 g/mol. The minimum atomic E-state index is -0.849. The SMILES string of the molecule is CCCn1c(CN)nnc1Cc1cccc(F)c1F. The molecule has 0 atom stereocenters. The molecule has 0 fully saturated rings. The van der Waals surface area contributed by atoms with Gasteiger partial charge in [0.2, 0.25) is 0 Å². The van der Waals surface area contributed by atoms with Crippen molar-refractivity contribution in [1.29, 1.82) is 0 Å². The van der Waals surface area contributed by atoms with Crippen molar-refractivity contribution in [3.8, 4) is 0 Å². The topological polar surface area (TPSA) is 56.7 Å². The minimum Gasteiger partial charge on any atom is -0.324 e. The number of benzene rings is 1. The summed E-state index contributed by atoms with van der Waals surface area (Å²) in [5.74, 6) is -0.415. The lowest BCUT2D eigenvalue weighted by atomic mass is 10.1. The lowest BCUT2D eigenvalue weighted by molar-refractivity contribution is 0.498. The molecule has 0 unspecified atom stereocenters. The molecule has 1 heterocycles. The predicted molar refractivity (Wildman–Crippen MR) is 67.4 cm³/mol. The van der Waals surface area contributed by atoms with Gasteiger partial charge in [0, 0.05) is 13.0 Å². The van der Waals surface area contributed by atoms with Crippen LogP contribution in [-0.4, -0.2) is 14.8 Å². The number of aromatic nitrogens is 3. The van der Waals surface area contributed by atoms with E-state index in [-0.39, 0.29) is 18.5 Å². The number of rotatable bonds is 5. The van der Waals surface area contributed by atoms with Crippen LogP contribution >= 0.6 is 0 Å². The predicted octanol–water partition coefficient (Wildman–Crippen LogP) is 2.02. The molecule has 6 heteroatoms. The van der Waals surface area contributed by atoms with Crippen LogP contribution < -0.4 is 5.73 Å². The van der Waals surface area contributed by atoms with Gasteiger partial charge in [-0.3, -0.25) is 0 Å². The van der Waals surface area contributed by atoms with E-state index < -0.39 is 11.6 Å². The second kappa shape index (κ2) is 5.88. The van der Waals surface area contributed by atoms with Gasteiger partial charge in [-0.05, 0) is 18.1 Å². The number of hydrogen-bond donors (Lipinski definition) is 1. The van der Waals surface area contributed by atoms with E-state index in [4.69, 9.17) is 5.73 Å². The molecule has 2 N–H and O–H groups in total. The van der Waals surface area contributed by atoms with Crippen LogP contribution in [0.1, 0.15) is 30.6 Å². The lowest BCUT2D eigenvalue weighted by Gasteiger charge is -2.08. The standard InChI is InChI=1S/C13H16F2N4/c1-2-6-19-11(17-18-12(19)8-16)7-9-4-3-5-10(14)13(9)15/h3-5H,2,6-8,16H2,1H3. The van der Waals surface area contributed by atoms with Crippen LogP contribution in [0.25, 0.3) is 0 Å². The Hall–Kier alpha value is -1.82. The molecular formula is C13H16F2N4. The van der Waals surface area contributed by atoms with Crippen molar-refractivity contribution in [2.24, 2.45) is 5.73 Å². The summed E-state index contributed by atoms with van der Waals surface area (Å²) in [6, 6.07) is 4.13. The zero-order valence-electron chi connectivity index (χ0n) is 10.7. The van der Waals surface area contributed by atoms with E-state index >= 15 is 0 Å². The fourth-order valence-corrected chi connectivity index (χ4v) is 1.99. The lowest BCUT2D eigenvalue weighted by Crippen LogP contribution is -2.11. The van der Waals surface area contributed by atoms with E-state index in [1.807, 2.05) is 11.5 Å². The summed E-state index contributed by atoms with van der Waals surface area (Å²) >= 11 is 0. The summed E-state index contributed by atoms with van der Waals surface area (Å²) < 4.78 is 28.7. The Bertz CT molecular complexity index is 566. The van der Waals surface area contributed by atoms with Crippen LogP contribution in [-0.2, 0) is 19.5 Å². The van der Waals surface area contributed by atoms with Gasteiger partial charge < -0.3 is 10.3 Å². The van der Waals surface area contributed by atoms with Gasteiger partial charge in [-0.1, -0.05) is 19.1 Å². The van der Waals surface area contributed by atoms with Crippen molar-refractivity contribution in [2.75, 3.05) is 0 Å². The van der Waals surface area contributed by atoms with Crippen molar-refractivity contribution in [1.82, 2.24) is 14.8 Å². The molecule has 0 saturated carbocycles. The van der Waals surface area contributed by atoms with Crippen molar-refractivity contribution in [3.05, 3.63) is 47.0 Å². The molecule has 0 radical (unpaired) electrons. The number of nitrogens with two attached hydrogens (primary N) is 1. The van der Waals surface area contributed by atoms with Gasteiger partial charge in [0.15, 0.2) is 11.6 Å². The van der Waals surface area contributed by atoms with Gasteiger partial charge in [-0.25, -0.2) is 8.78 Å². The van der Waals surface area contributed by atoms with Crippen molar-refractivity contribution < 1.29 is 8.78 Å². The third kappa shape index (κ3) is 2.78. The normalized spacial score (nSPS) is 10.9. The average Bonchev–Trinajstić information content (AvgIpc) is 2.78. The first-order chi connectivity index (χ1) is 9.17. The fraction of sp³-hybridized carbons (Fsp3) is 0.385. The highest BCUT2D eigenvalue weighted by Gasteiger charge is 2.14. The zero-order valence-corrected chi connectivity index (χ0v) is 10.7. The first-order valence-corrected chi connectivity index (χ1v) is 6.21. The van der Waals surface area contributed by atoms with Crippen LogP contribution in [0.3, 0.4) is 0 Å². The highest BCUT2D eigenvalue weighted by atomic mass is 19.2. The van der Waals surface area contributed by atoms with Gasteiger partial charge in [0.05, 0.1) is 6.54 Å². The van der Waals surface area contributed by atoms with E-state index in [9.17, 15) is 8.78 Å². The molecule has 0 bridgehead atoms. The van der Waals surface area contributed by atoms with Crippen LogP contribution in [0.4, 0.5) is 8.78 Å². The summed E-state index contributed by atoms with van der Waals surface area (Å²) in [4.78, 5) is 0. The maximum absolute atomic E-state index is 13.6. The van der Waals surface area contributed by atoms with E-state index in [2.05, 4.69) is 10.2 Å². The smallest absolute Gasteiger partial charge is 0.162 e. The summed E-state index contributed by atoms with van der Waals surface area (Å²) in [6.07, 6.45) is 1.10. The maximum Gasteiger partial charge on any atom is 0.162 e. The Balaban J connectivity index is 2.32. The molecule has 0 amide bonds. The minimum absolute atomic E-state index is 0.205. The van der Waals surface area contributed by atoms with E-state index in [0.29, 0.717) is 18.2 Å². The second-order valence-electron chi connectivity index (χ2n) is 4.28. The third-order valence-corrected chi connectivity index (χ3v) is 2.91. The number of halogens is 2. The highest BCUT2D eigenvalue weighted by molar-refractivity contribution is 5.22. The molecule has 102 valence electrons. The molecule has 19 heavy (non-hydrogen) atoms. The van der Waals surface area contributed by atoms with Crippen molar-refractivity contribution in [2.45, 2.75) is 32.9 Å². The van der Waals surface area contributed by atoms with Crippen LogP contribution in [0, 0.1) is 11.6 Å². The first kappa shape index (κ1) is 13.6. The summed E-state index contributed by atoms with van der Waals surface area (Å²) in [6.45, 7) is 3.01. The van der Waals surface area contributed by atoms with Crippen LogP contribution in [0.15, 0.2) is 18.2 Å². The summed E-state index contributed by atoms with van der Waals surface area (Å²) in [5.41, 5.74) is 5.86. The molecule has 0 saturated heterocycles. The first-order valence-electron chi connectivity index (χ1n) is 6.21. The maximum atomic E-state index is 13.6. The summed E-state index contributed by atoms with van der Waals surface area (Å²) in [7, 11) is 0.